The highest BCUT2D eigenvalue weighted by atomic mass is 16.3. The lowest BCUT2D eigenvalue weighted by molar-refractivity contribution is -0.0738. The summed E-state index contributed by atoms with van der Waals surface area (Å²) in [6, 6.07) is 0.751. The Morgan fingerprint density at radius 2 is 1.71 bits per heavy atom. The Balaban J connectivity index is 1.84. The van der Waals surface area contributed by atoms with Crippen molar-refractivity contribution in [1.29, 1.82) is 0 Å². The van der Waals surface area contributed by atoms with Crippen LogP contribution in [0.1, 0.15) is 38.5 Å². The van der Waals surface area contributed by atoms with Crippen LogP contribution in [0, 0.1) is 11.8 Å². The van der Waals surface area contributed by atoms with Gasteiger partial charge in [-0.3, -0.25) is 4.90 Å². The van der Waals surface area contributed by atoms with Crippen LogP contribution in [0.15, 0.2) is 0 Å². The Hall–Kier alpha value is -0.0800. The molecule has 14 heavy (non-hydrogen) atoms. The van der Waals surface area contributed by atoms with Crippen LogP contribution in [0.4, 0.5) is 0 Å². The standard InChI is InChI=1S/C12H21NO/c14-11-6-5-9-3-1-7-13-8-2-4-10(11)12(9)13/h9-12,14H,1-8H2/t9-,10+,11+,12+/m1/s1. The third kappa shape index (κ3) is 1.31. The van der Waals surface area contributed by atoms with Crippen LogP contribution in [0.5, 0.6) is 0 Å². The molecule has 0 amide bonds. The van der Waals surface area contributed by atoms with E-state index in [0.29, 0.717) is 5.92 Å². The fraction of sp³-hybridized carbons (Fsp3) is 1.00. The topological polar surface area (TPSA) is 23.5 Å². The van der Waals surface area contributed by atoms with Gasteiger partial charge < -0.3 is 5.11 Å². The first-order valence-corrected chi connectivity index (χ1v) is 6.28. The van der Waals surface area contributed by atoms with Gasteiger partial charge in [0, 0.05) is 12.0 Å². The van der Waals surface area contributed by atoms with Crippen LogP contribution in [0.25, 0.3) is 0 Å². The van der Waals surface area contributed by atoms with Crippen LogP contribution in [-0.4, -0.2) is 35.2 Å². The van der Waals surface area contributed by atoms with Gasteiger partial charge in [-0.1, -0.05) is 0 Å². The lowest BCUT2D eigenvalue weighted by atomic mass is 9.67. The van der Waals surface area contributed by atoms with Gasteiger partial charge in [-0.05, 0) is 57.5 Å². The van der Waals surface area contributed by atoms with Gasteiger partial charge >= 0.3 is 0 Å². The van der Waals surface area contributed by atoms with Gasteiger partial charge in [-0.2, -0.15) is 0 Å². The lowest BCUT2D eigenvalue weighted by Crippen LogP contribution is -2.57. The summed E-state index contributed by atoms with van der Waals surface area (Å²) in [5.74, 6) is 1.53. The Morgan fingerprint density at radius 1 is 0.929 bits per heavy atom. The van der Waals surface area contributed by atoms with Crippen molar-refractivity contribution < 1.29 is 5.11 Å². The van der Waals surface area contributed by atoms with E-state index < -0.39 is 0 Å². The molecular formula is C12H21NO. The summed E-state index contributed by atoms with van der Waals surface area (Å²) in [6.45, 7) is 2.59. The third-order valence-corrected chi connectivity index (χ3v) is 4.67. The van der Waals surface area contributed by atoms with Crippen molar-refractivity contribution in [2.24, 2.45) is 11.8 Å². The molecule has 1 saturated carbocycles. The zero-order chi connectivity index (χ0) is 9.54. The Bertz CT molecular complexity index is 210. The zero-order valence-corrected chi connectivity index (χ0v) is 8.86. The van der Waals surface area contributed by atoms with E-state index >= 15 is 0 Å². The summed E-state index contributed by atoms with van der Waals surface area (Å²) in [5, 5.41) is 10.0. The first-order chi connectivity index (χ1) is 6.86. The van der Waals surface area contributed by atoms with Crippen molar-refractivity contribution in [2.45, 2.75) is 50.7 Å². The van der Waals surface area contributed by atoms with E-state index in [-0.39, 0.29) is 6.10 Å². The maximum Gasteiger partial charge on any atom is 0.0583 e. The Morgan fingerprint density at radius 3 is 2.57 bits per heavy atom. The minimum absolute atomic E-state index is 0.0112. The second-order valence-corrected chi connectivity index (χ2v) is 5.38. The molecule has 0 unspecified atom stereocenters. The predicted octanol–water partition coefficient (Wildman–Crippen LogP) is 1.63. The molecule has 1 aliphatic carbocycles. The molecule has 0 aromatic rings. The maximum atomic E-state index is 10.0. The SMILES string of the molecule is O[C@H]1CC[C@H]2CCCN3CCC[C@@H]1[C@H]23. The molecule has 2 saturated heterocycles. The van der Waals surface area contributed by atoms with E-state index in [1.54, 1.807) is 0 Å². The molecule has 0 radical (unpaired) electrons. The number of piperidine rings is 2. The minimum Gasteiger partial charge on any atom is -0.393 e. The largest absolute Gasteiger partial charge is 0.393 e. The molecule has 80 valence electrons. The molecule has 4 atom stereocenters. The van der Waals surface area contributed by atoms with Crippen LogP contribution in [0.2, 0.25) is 0 Å². The van der Waals surface area contributed by atoms with Gasteiger partial charge in [0.05, 0.1) is 6.10 Å². The molecule has 0 bridgehead atoms. The number of aliphatic hydroxyl groups excluding tert-OH is 1. The summed E-state index contributed by atoms with van der Waals surface area (Å²) >= 11 is 0. The molecule has 3 aliphatic rings. The van der Waals surface area contributed by atoms with Gasteiger partial charge in [0.25, 0.3) is 0 Å². The fourth-order valence-electron chi connectivity index (χ4n) is 4.09. The number of hydrogen-bond acceptors (Lipinski definition) is 2. The minimum atomic E-state index is 0.0112. The molecular weight excluding hydrogens is 174 g/mol. The fourth-order valence-corrected chi connectivity index (χ4v) is 4.09. The monoisotopic (exact) mass is 195 g/mol. The van der Waals surface area contributed by atoms with Crippen LogP contribution >= 0.6 is 0 Å². The van der Waals surface area contributed by atoms with Gasteiger partial charge in [0.1, 0.15) is 0 Å². The zero-order valence-electron chi connectivity index (χ0n) is 8.86. The average Bonchev–Trinajstić information content (AvgIpc) is 2.24. The molecule has 1 N–H and O–H groups in total. The predicted molar refractivity (Wildman–Crippen MR) is 56.0 cm³/mol. The number of hydrogen-bond donors (Lipinski definition) is 1. The Kier molecular flexibility index (Phi) is 2.29. The molecule has 3 fully saturated rings. The number of nitrogens with zero attached hydrogens (tertiary/aromatic N) is 1. The highest BCUT2D eigenvalue weighted by Crippen LogP contribution is 2.43. The van der Waals surface area contributed by atoms with Crippen LogP contribution in [-0.2, 0) is 0 Å². The molecule has 2 aliphatic heterocycles. The number of aliphatic hydroxyl groups is 1. The molecule has 0 aromatic carbocycles. The van der Waals surface area contributed by atoms with Crippen molar-refractivity contribution in [3.05, 3.63) is 0 Å². The number of rotatable bonds is 0. The van der Waals surface area contributed by atoms with Crippen molar-refractivity contribution in [2.75, 3.05) is 13.1 Å². The highest BCUT2D eigenvalue weighted by molar-refractivity contribution is 4.98. The normalized spacial score (nSPS) is 48.6. The molecule has 2 nitrogen and oxygen atoms in total. The molecule has 2 heteroatoms. The van der Waals surface area contributed by atoms with E-state index in [4.69, 9.17) is 0 Å². The quantitative estimate of drug-likeness (QED) is 0.635. The maximum absolute atomic E-state index is 10.0. The van der Waals surface area contributed by atoms with E-state index in [2.05, 4.69) is 4.90 Å². The van der Waals surface area contributed by atoms with Crippen LogP contribution in [0.3, 0.4) is 0 Å². The van der Waals surface area contributed by atoms with Gasteiger partial charge in [0.15, 0.2) is 0 Å². The molecule has 0 spiro atoms. The highest BCUT2D eigenvalue weighted by Gasteiger charge is 2.44. The second-order valence-electron chi connectivity index (χ2n) is 5.38. The Labute approximate surface area is 86.3 Å². The van der Waals surface area contributed by atoms with Crippen molar-refractivity contribution in [1.82, 2.24) is 4.90 Å². The summed E-state index contributed by atoms with van der Waals surface area (Å²) < 4.78 is 0. The average molecular weight is 195 g/mol. The van der Waals surface area contributed by atoms with Crippen molar-refractivity contribution in [3.63, 3.8) is 0 Å². The summed E-state index contributed by atoms with van der Waals surface area (Å²) in [6.07, 6.45) is 7.76. The second kappa shape index (κ2) is 3.49. The summed E-state index contributed by atoms with van der Waals surface area (Å²) in [5.41, 5.74) is 0. The molecule has 2 heterocycles. The summed E-state index contributed by atoms with van der Waals surface area (Å²) in [7, 11) is 0. The summed E-state index contributed by atoms with van der Waals surface area (Å²) in [4.78, 5) is 2.67. The lowest BCUT2D eigenvalue weighted by Gasteiger charge is -2.53. The van der Waals surface area contributed by atoms with Crippen LogP contribution < -0.4 is 0 Å². The van der Waals surface area contributed by atoms with E-state index in [0.717, 1.165) is 18.4 Å². The van der Waals surface area contributed by atoms with Gasteiger partial charge in [-0.15, -0.1) is 0 Å². The van der Waals surface area contributed by atoms with E-state index in [9.17, 15) is 5.11 Å². The van der Waals surface area contributed by atoms with Gasteiger partial charge in [0.2, 0.25) is 0 Å². The van der Waals surface area contributed by atoms with Crippen molar-refractivity contribution >= 4 is 0 Å². The first kappa shape index (κ1) is 9.17. The third-order valence-electron chi connectivity index (χ3n) is 4.67. The van der Waals surface area contributed by atoms with Gasteiger partial charge in [-0.25, -0.2) is 0 Å². The van der Waals surface area contributed by atoms with Crippen molar-refractivity contribution in [3.8, 4) is 0 Å². The van der Waals surface area contributed by atoms with E-state index in [1.807, 2.05) is 0 Å². The smallest absolute Gasteiger partial charge is 0.0583 e. The molecule has 0 aromatic heterocycles. The first-order valence-electron chi connectivity index (χ1n) is 6.28. The molecule has 3 rings (SSSR count). The van der Waals surface area contributed by atoms with E-state index in [1.165, 1.54) is 45.2 Å².